The number of rotatable bonds is 4. The predicted molar refractivity (Wildman–Crippen MR) is 83.5 cm³/mol. The van der Waals surface area contributed by atoms with Gasteiger partial charge in [-0.3, -0.25) is 0 Å². The van der Waals surface area contributed by atoms with Crippen LogP contribution in [0.1, 0.15) is 30.9 Å². The van der Waals surface area contributed by atoms with E-state index in [1.54, 1.807) is 0 Å². The Labute approximate surface area is 129 Å². The van der Waals surface area contributed by atoms with Crippen molar-refractivity contribution in [1.29, 1.82) is 0 Å². The number of ether oxygens (including phenoxy) is 1. The monoisotopic (exact) mass is 303 g/mol. The van der Waals surface area contributed by atoms with E-state index in [0.29, 0.717) is 30.0 Å². The molecular formula is C17H18ClNO2. The number of aliphatic imine (C=N–C) groups is 1. The Bertz CT molecular complexity index is 604. The molecule has 2 unspecified atom stereocenters. The summed E-state index contributed by atoms with van der Waals surface area (Å²) in [6.45, 7) is 2.18. The normalized spacial score (nSPS) is 23.5. The maximum atomic E-state index is 11.9. The fraction of sp³-hybridized carbons (Fsp3) is 0.412. The number of nitrogens with zero attached hydrogens (tertiary/aromatic N) is 1. The van der Waals surface area contributed by atoms with Gasteiger partial charge in [-0.25, -0.2) is 9.79 Å². The zero-order valence-electron chi connectivity index (χ0n) is 12.0. The third-order valence-electron chi connectivity index (χ3n) is 4.18. The van der Waals surface area contributed by atoms with Gasteiger partial charge in [-0.1, -0.05) is 24.3 Å². The Morgan fingerprint density at radius 1 is 1.33 bits per heavy atom. The van der Waals surface area contributed by atoms with E-state index in [4.69, 9.17) is 16.3 Å². The largest absolute Gasteiger partial charge is 0.461 e. The molecule has 1 aromatic carbocycles. The van der Waals surface area contributed by atoms with Crippen LogP contribution in [-0.2, 0) is 15.4 Å². The number of fused-ring (bicyclic) bond motifs is 1. The van der Waals surface area contributed by atoms with Crippen LogP contribution in [0.3, 0.4) is 0 Å². The Morgan fingerprint density at radius 3 is 2.67 bits per heavy atom. The Balaban J connectivity index is 1.91. The molecular weight excluding hydrogens is 286 g/mol. The molecule has 3 nitrogen and oxygen atoms in total. The quantitative estimate of drug-likeness (QED) is 0.628. The highest BCUT2D eigenvalue weighted by Crippen LogP contribution is 2.42. The van der Waals surface area contributed by atoms with E-state index in [1.165, 1.54) is 0 Å². The summed E-state index contributed by atoms with van der Waals surface area (Å²) in [6, 6.07) is 8.11. The average Bonchev–Trinajstić information content (AvgIpc) is 2.48. The number of carbonyl (C=O) groups excluding carboxylic acids is 1. The van der Waals surface area contributed by atoms with E-state index in [2.05, 4.69) is 4.99 Å². The van der Waals surface area contributed by atoms with Gasteiger partial charge in [0.1, 0.15) is 5.70 Å². The van der Waals surface area contributed by atoms with Gasteiger partial charge in [0, 0.05) is 11.8 Å². The standard InChI is InChI=1S/C17H18ClNO2/c1-2-21-17(20)15-9-13-7-8-14(13)16(19-15)12-5-3-11(10-18)4-6-12/h3-6,9,13-14H,2,7-8,10H2,1H3. The number of allylic oxidation sites excluding steroid dienone is 1. The Morgan fingerprint density at radius 2 is 2.10 bits per heavy atom. The molecule has 4 heteroatoms. The molecule has 0 spiro atoms. The number of hydrogen-bond acceptors (Lipinski definition) is 3. The number of halogens is 1. The third-order valence-corrected chi connectivity index (χ3v) is 4.49. The number of esters is 1. The van der Waals surface area contributed by atoms with Crippen LogP contribution in [0, 0.1) is 11.8 Å². The van der Waals surface area contributed by atoms with Crippen molar-refractivity contribution in [3.63, 3.8) is 0 Å². The van der Waals surface area contributed by atoms with Gasteiger partial charge in [-0.2, -0.15) is 0 Å². The molecule has 0 N–H and O–H groups in total. The minimum atomic E-state index is -0.322. The van der Waals surface area contributed by atoms with Crippen molar-refractivity contribution >= 4 is 23.3 Å². The molecule has 21 heavy (non-hydrogen) atoms. The van der Waals surface area contributed by atoms with Gasteiger partial charge in [0.05, 0.1) is 12.3 Å². The van der Waals surface area contributed by atoms with Gasteiger partial charge < -0.3 is 4.74 Å². The lowest BCUT2D eigenvalue weighted by Gasteiger charge is -2.38. The van der Waals surface area contributed by atoms with Gasteiger partial charge in [-0.15, -0.1) is 11.6 Å². The lowest BCUT2D eigenvalue weighted by Crippen LogP contribution is -2.36. The fourth-order valence-corrected chi connectivity index (χ4v) is 3.06. The van der Waals surface area contributed by atoms with Gasteiger partial charge >= 0.3 is 5.97 Å². The van der Waals surface area contributed by atoms with Crippen LogP contribution in [0.15, 0.2) is 41.0 Å². The molecule has 1 aliphatic carbocycles. The van der Waals surface area contributed by atoms with Gasteiger partial charge in [0.2, 0.25) is 0 Å². The van der Waals surface area contributed by atoms with Crippen molar-refractivity contribution in [1.82, 2.24) is 0 Å². The van der Waals surface area contributed by atoms with Crippen molar-refractivity contribution in [2.75, 3.05) is 6.61 Å². The molecule has 0 amide bonds. The van der Waals surface area contributed by atoms with E-state index < -0.39 is 0 Å². The first kappa shape index (κ1) is 14.3. The van der Waals surface area contributed by atoms with E-state index in [9.17, 15) is 4.79 Å². The maximum Gasteiger partial charge on any atom is 0.356 e. The van der Waals surface area contributed by atoms with Crippen molar-refractivity contribution in [2.24, 2.45) is 16.8 Å². The van der Waals surface area contributed by atoms with Gasteiger partial charge in [-0.05, 0) is 42.9 Å². The minimum Gasteiger partial charge on any atom is -0.461 e. The average molecular weight is 304 g/mol. The summed E-state index contributed by atoms with van der Waals surface area (Å²) in [5.41, 5.74) is 3.63. The van der Waals surface area contributed by atoms with Crippen molar-refractivity contribution in [3.05, 3.63) is 47.2 Å². The molecule has 0 radical (unpaired) electrons. The highest BCUT2D eigenvalue weighted by atomic mass is 35.5. The number of alkyl halides is 1. The van der Waals surface area contributed by atoms with Gasteiger partial charge in [0.25, 0.3) is 0 Å². The Hall–Kier alpha value is -1.61. The molecule has 0 bridgehead atoms. The minimum absolute atomic E-state index is 0.322. The molecule has 3 rings (SSSR count). The first-order valence-electron chi connectivity index (χ1n) is 7.35. The molecule has 2 aliphatic rings. The summed E-state index contributed by atoms with van der Waals surface area (Å²) >= 11 is 5.83. The highest BCUT2D eigenvalue weighted by molar-refractivity contribution is 6.17. The summed E-state index contributed by atoms with van der Waals surface area (Å²) in [7, 11) is 0. The van der Waals surface area contributed by atoms with Crippen LogP contribution in [0.2, 0.25) is 0 Å². The summed E-state index contributed by atoms with van der Waals surface area (Å²) in [5, 5.41) is 0. The van der Waals surface area contributed by atoms with E-state index in [0.717, 1.165) is 29.7 Å². The third kappa shape index (κ3) is 2.75. The SMILES string of the molecule is CCOC(=O)C1=CC2CCC2C(c2ccc(CCl)cc2)=N1. The van der Waals surface area contributed by atoms with E-state index >= 15 is 0 Å². The molecule has 1 saturated carbocycles. The van der Waals surface area contributed by atoms with Gasteiger partial charge in [0.15, 0.2) is 0 Å². The Kier molecular flexibility index (Phi) is 4.11. The molecule has 1 aliphatic heterocycles. The summed E-state index contributed by atoms with van der Waals surface area (Å²) in [6.07, 6.45) is 4.22. The fourth-order valence-electron chi connectivity index (χ4n) is 2.88. The summed E-state index contributed by atoms with van der Waals surface area (Å²) in [4.78, 5) is 16.5. The predicted octanol–water partition coefficient (Wildman–Crippen LogP) is 3.70. The van der Waals surface area contributed by atoms with Crippen molar-refractivity contribution < 1.29 is 9.53 Å². The van der Waals surface area contributed by atoms with Crippen molar-refractivity contribution in [3.8, 4) is 0 Å². The topological polar surface area (TPSA) is 38.7 Å². The van der Waals surface area contributed by atoms with Crippen LogP contribution in [0.4, 0.5) is 0 Å². The molecule has 0 saturated heterocycles. The molecule has 110 valence electrons. The highest BCUT2D eigenvalue weighted by Gasteiger charge is 2.38. The second-order valence-corrected chi connectivity index (χ2v) is 5.71. The van der Waals surface area contributed by atoms with E-state index in [1.807, 2.05) is 37.3 Å². The van der Waals surface area contributed by atoms with Crippen LogP contribution >= 0.6 is 11.6 Å². The van der Waals surface area contributed by atoms with Crippen LogP contribution in [-0.4, -0.2) is 18.3 Å². The zero-order valence-corrected chi connectivity index (χ0v) is 12.8. The van der Waals surface area contributed by atoms with Crippen LogP contribution in [0.5, 0.6) is 0 Å². The van der Waals surface area contributed by atoms with E-state index in [-0.39, 0.29) is 5.97 Å². The first-order chi connectivity index (χ1) is 10.2. The van der Waals surface area contributed by atoms with Crippen LogP contribution < -0.4 is 0 Å². The second-order valence-electron chi connectivity index (χ2n) is 5.45. The zero-order chi connectivity index (χ0) is 14.8. The molecule has 1 heterocycles. The number of carbonyl (C=O) groups is 1. The number of benzene rings is 1. The summed E-state index contributed by atoms with van der Waals surface area (Å²) < 4.78 is 5.08. The smallest absolute Gasteiger partial charge is 0.356 e. The molecule has 2 atom stereocenters. The molecule has 1 aromatic rings. The number of hydrogen-bond donors (Lipinski definition) is 0. The molecule has 0 aromatic heterocycles. The molecule has 1 fully saturated rings. The van der Waals surface area contributed by atoms with Crippen molar-refractivity contribution in [2.45, 2.75) is 25.6 Å². The van der Waals surface area contributed by atoms with Crippen LogP contribution in [0.25, 0.3) is 0 Å². The lowest BCUT2D eigenvalue weighted by molar-refractivity contribution is -0.138. The first-order valence-corrected chi connectivity index (χ1v) is 7.89. The second kappa shape index (κ2) is 6.02. The summed E-state index contributed by atoms with van der Waals surface area (Å²) in [5.74, 6) is 1.04. The lowest BCUT2D eigenvalue weighted by atomic mass is 9.68. The maximum absolute atomic E-state index is 11.9.